The third kappa shape index (κ3) is 3.43. The van der Waals surface area contributed by atoms with Crippen molar-refractivity contribution in [1.29, 1.82) is 0 Å². The topological polar surface area (TPSA) is 24.9 Å². The van der Waals surface area contributed by atoms with Crippen molar-refractivity contribution < 1.29 is 0 Å². The van der Waals surface area contributed by atoms with Crippen molar-refractivity contribution in [2.24, 2.45) is 5.92 Å². The molecule has 1 fully saturated rings. The van der Waals surface area contributed by atoms with Gasteiger partial charge in [-0.05, 0) is 43.9 Å². The first-order valence-electron chi connectivity index (χ1n) is 6.57. The van der Waals surface area contributed by atoms with E-state index in [0.29, 0.717) is 6.04 Å². The zero-order chi connectivity index (χ0) is 12.1. The second kappa shape index (κ2) is 6.36. The Morgan fingerprint density at radius 1 is 1.41 bits per heavy atom. The van der Waals surface area contributed by atoms with Crippen molar-refractivity contribution in [3.05, 3.63) is 29.0 Å². The molecule has 17 heavy (non-hydrogen) atoms. The average molecular weight is 253 g/mol. The molecule has 1 aliphatic carbocycles. The van der Waals surface area contributed by atoms with E-state index in [1.54, 1.807) is 6.20 Å². The molecular formula is C14H21ClN2. The predicted octanol–water partition coefficient (Wildman–Crippen LogP) is 3.45. The van der Waals surface area contributed by atoms with E-state index >= 15 is 0 Å². The number of rotatable bonds is 4. The molecule has 1 saturated carbocycles. The maximum absolute atomic E-state index is 6.17. The van der Waals surface area contributed by atoms with Crippen LogP contribution in [0.1, 0.15) is 37.7 Å². The van der Waals surface area contributed by atoms with Gasteiger partial charge in [-0.25, -0.2) is 0 Å². The molecule has 1 atom stereocenters. The molecule has 1 aromatic rings. The largest absolute Gasteiger partial charge is 0.316 e. The minimum absolute atomic E-state index is 0.551. The molecule has 0 saturated heterocycles. The van der Waals surface area contributed by atoms with Gasteiger partial charge in [0.25, 0.3) is 0 Å². The number of hydrogen-bond acceptors (Lipinski definition) is 2. The Bertz CT molecular complexity index is 348. The van der Waals surface area contributed by atoms with Gasteiger partial charge in [-0.1, -0.05) is 30.9 Å². The number of likely N-dealkylation sites (N-methyl/N-ethyl adjacent to an activating group) is 1. The van der Waals surface area contributed by atoms with Gasteiger partial charge in [-0.3, -0.25) is 4.98 Å². The highest BCUT2D eigenvalue weighted by Gasteiger charge is 2.23. The van der Waals surface area contributed by atoms with Crippen LogP contribution in [0, 0.1) is 5.92 Å². The van der Waals surface area contributed by atoms with Crippen molar-refractivity contribution >= 4 is 11.6 Å². The standard InChI is InChI=1S/C14H21ClN2/c1-16-14(11-5-3-2-4-6-11)9-12-7-8-17-10-13(12)15/h7-8,10-11,14,16H,2-6,9H2,1H3. The summed E-state index contributed by atoms with van der Waals surface area (Å²) in [5.74, 6) is 0.804. The number of hydrogen-bond donors (Lipinski definition) is 1. The van der Waals surface area contributed by atoms with Gasteiger partial charge < -0.3 is 5.32 Å². The fourth-order valence-electron chi connectivity index (χ4n) is 2.85. The molecule has 1 heterocycles. The SMILES string of the molecule is CNC(Cc1ccncc1Cl)C1CCCCC1. The Morgan fingerprint density at radius 3 is 2.82 bits per heavy atom. The van der Waals surface area contributed by atoms with Crippen LogP contribution in [-0.2, 0) is 6.42 Å². The lowest BCUT2D eigenvalue weighted by atomic mass is 9.82. The predicted molar refractivity (Wildman–Crippen MR) is 72.4 cm³/mol. The Labute approximate surface area is 109 Å². The lowest BCUT2D eigenvalue weighted by molar-refractivity contribution is 0.277. The normalized spacial score (nSPS) is 19.2. The summed E-state index contributed by atoms with van der Waals surface area (Å²) in [6.45, 7) is 0. The summed E-state index contributed by atoms with van der Waals surface area (Å²) in [5, 5.41) is 4.26. The first-order chi connectivity index (χ1) is 8.31. The van der Waals surface area contributed by atoms with Crippen molar-refractivity contribution in [3.63, 3.8) is 0 Å². The summed E-state index contributed by atoms with van der Waals surface area (Å²) in [5.41, 5.74) is 1.21. The maximum Gasteiger partial charge on any atom is 0.0621 e. The van der Waals surface area contributed by atoms with Crippen molar-refractivity contribution in [3.8, 4) is 0 Å². The number of pyridine rings is 1. The van der Waals surface area contributed by atoms with Gasteiger partial charge in [0.1, 0.15) is 0 Å². The molecule has 1 unspecified atom stereocenters. The van der Waals surface area contributed by atoms with Gasteiger partial charge in [0.2, 0.25) is 0 Å². The Balaban J connectivity index is 2.01. The second-order valence-corrected chi connectivity index (χ2v) is 5.37. The monoisotopic (exact) mass is 252 g/mol. The van der Waals surface area contributed by atoms with E-state index in [-0.39, 0.29) is 0 Å². The summed E-state index contributed by atoms with van der Waals surface area (Å²) in [7, 11) is 2.06. The van der Waals surface area contributed by atoms with Crippen LogP contribution < -0.4 is 5.32 Å². The maximum atomic E-state index is 6.17. The molecule has 0 radical (unpaired) electrons. The molecule has 2 nitrogen and oxygen atoms in total. The zero-order valence-electron chi connectivity index (χ0n) is 10.5. The minimum Gasteiger partial charge on any atom is -0.316 e. The molecule has 1 aromatic heterocycles. The van der Waals surface area contributed by atoms with Crippen LogP contribution >= 0.6 is 11.6 Å². The van der Waals surface area contributed by atoms with E-state index < -0.39 is 0 Å². The molecule has 3 heteroatoms. The van der Waals surface area contributed by atoms with E-state index in [2.05, 4.69) is 17.3 Å². The average Bonchev–Trinajstić information content (AvgIpc) is 2.39. The molecule has 1 aliphatic rings. The van der Waals surface area contributed by atoms with Gasteiger partial charge >= 0.3 is 0 Å². The van der Waals surface area contributed by atoms with Crippen LogP contribution in [0.2, 0.25) is 5.02 Å². The van der Waals surface area contributed by atoms with E-state index in [1.165, 1.54) is 37.7 Å². The first kappa shape index (κ1) is 12.8. The lowest BCUT2D eigenvalue weighted by Crippen LogP contribution is -2.36. The Kier molecular flexibility index (Phi) is 4.81. The zero-order valence-corrected chi connectivity index (χ0v) is 11.2. The van der Waals surface area contributed by atoms with Crippen LogP contribution in [0.3, 0.4) is 0 Å². The Morgan fingerprint density at radius 2 is 2.18 bits per heavy atom. The molecule has 94 valence electrons. The van der Waals surface area contributed by atoms with Crippen LogP contribution in [-0.4, -0.2) is 18.1 Å². The van der Waals surface area contributed by atoms with Crippen LogP contribution in [0.15, 0.2) is 18.5 Å². The van der Waals surface area contributed by atoms with E-state index in [1.807, 2.05) is 12.3 Å². The third-order valence-electron chi connectivity index (χ3n) is 3.89. The van der Waals surface area contributed by atoms with Crippen LogP contribution in [0.4, 0.5) is 0 Å². The highest BCUT2D eigenvalue weighted by molar-refractivity contribution is 6.31. The summed E-state index contributed by atoms with van der Waals surface area (Å²) in [6, 6.07) is 2.59. The molecular weight excluding hydrogens is 232 g/mol. The summed E-state index contributed by atoms with van der Waals surface area (Å²) < 4.78 is 0. The summed E-state index contributed by atoms with van der Waals surface area (Å²) in [6.07, 6.45) is 11.5. The van der Waals surface area contributed by atoms with Crippen LogP contribution in [0.5, 0.6) is 0 Å². The minimum atomic E-state index is 0.551. The van der Waals surface area contributed by atoms with Gasteiger partial charge in [-0.2, -0.15) is 0 Å². The summed E-state index contributed by atoms with van der Waals surface area (Å²) >= 11 is 6.17. The van der Waals surface area contributed by atoms with Crippen molar-refractivity contribution in [1.82, 2.24) is 10.3 Å². The lowest BCUT2D eigenvalue weighted by Gasteiger charge is -2.30. The molecule has 0 amide bonds. The number of halogens is 1. The van der Waals surface area contributed by atoms with Crippen molar-refractivity contribution in [2.75, 3.05) is 7.05 Å². The molecule has 0 aromatic carbocycles. The van der Waals surface area contributed by atoms with Crippen molar-refractivity contribution in [2.45, 2.75) is 44.6 Å². The molecule has 0 aliphatic heterocycles. The van der Waals surface area contributed by atoms with Gasteiger partial charge in [-0.15, -0.1) is 0 Å². The fraction of sp³-hybridized carbons (Fsp3) is 0.643. The number of nitrogens with zero attached hydrogens (tertiary/aromatic N) is 1. The first-order valence-corrected chi connectivity index (χ1v) is 6.94. The molecule has 0 bridgehead atoms. The second-order valence-electron chi connectivity index (χ2n) is 4.96. The number of aromatic nitrogens is 1. The van der Waals surface area contributed by atoms with E-state index in [4.69, 9.17) is 11.6 Å². The quantitative estimate of drug-likeness (QED) is 0.888. The van der Waals surface area contributed by atoms with Gasteiger partial charge in [0.05, 0.1) is 5.02 Å². The van der Waals surface area contributed by atoms with Gasteiger partial charge in [0.15, 0.2) is 0 Å². The summed E-state index contributed by atoms with van der Waals surface area (Å²) in [4.78, 5) is 4.04. The molecule has 2 rings (SSSR count). The molecule has 0 spiro atoms. The van der Waals surface area contributed by atoms with Gasteiger partial charge in [0, 0.05) is 18.4 Å². The van der Waals surface area contributed by atoms with E-state index in [0.717, 1.165) is 17.4 Å². The van der Waals surface area contributed by atoms with Crippen LogP contribution in [0.25, 0.3) is 0 Å². The highest BCUT2D eigenvalue weighted by Crippen LogP contribution is 2.28. The van der Waals surface area contributed by atoms with E-state index in [9.17, 15) is 0 Å². The fourth-order valence-corrected chi connectivity index (χ4v) is 3.04. The smallest absolute Gasteiger partial charge is 0.0621 e. The third-order valence-corrected chi connectivity index (χ3v) is 4.23. The Hall–Kier alpha value is -0.600. The molecule has 1 N–H and O–H groups in total. The highest BCUT2D eigenvalue weighted by atomic mass is 35.5. The number of nitrogens with one attached hydrogen (secondary N) is 1.